The van der Waals surface area contributed by atoms with Gasteiger partial charge in [-0.3, -0.25) is 9.59 Å². The lowest BCUT2D eigenvalue weighted by molar-refractivity contribution is -0.123. The number of anilines is 1. The fraction of sp³-hybridized carbons (Fsp3) is 0.379. The van der Waals surface area contributed by atoms with Gasteiger partial charge in [0.25, 0.3) is 0 Å². The highest BCUT2D eigenvalue weighted by Gasteiger charge is 2.32. The van der Waals surface area contributed by atoms with Crippen LogP contribution in [0.4, 0.5) is 5.69 Å². The van der Waals surface area contributed by atoms with Gasteiger partial charge in [-0.05, 0) is 67.0 Å². The fourth-order valence-electron chi connectivity index (χ4n) is 4.82. The molecule has 35 heavy (non-hydrogen) atoms. The second-order valence-electron chi connectivity index (χ2n) is 9.46. The van der Waals surface area contributed by atoms with Crippen molar-refractivity contribution in [3.05, 3.63) is 86.6 Å². The van der Waals surface area contributed by atoms with E-state index in [1.807, 2.05) is 78.7 Å². The van der Waals surface area contributed by atoms with Gasteiger partial charge in [-0.2, -0.15) is 0 Å². The summed E-state index contributed by atoms with van der Waals surface area (Å²) in [6.45, 7) is 4.09. The van der Waals surface area contributed by atoms with E-state index >= 15 is 0 Å². The highest BCUT2D eigenvalue weighted by atomic mass is 35.5. The minimum atomic E-state index is -0.635. The maximum absolute atomic E-state index is 13.9. The van der Waals surface area contributed by atoms with Crippen LogP contribution in [0, 0.1) is 13.8 Å². The van der Waals surface area contributed by atoms with Gasteiger partial charge in [0, 0.05) is 28.0 Å². The third-order valence-corrected chi connectivity index (χ3v) is 8.06. The van der Waals surface area contributed by atoms with E-state index in [0.717, 1.165) is 52.9 Å². The minimum absolute atomic E-state index is 0.0631. The minimum Gasteiger partial charge on any atom is -0.351 e. The summed E-state index contributed by atoms with van der Waals surface area (Å²) in [6.07, 6.45) is 5.84. The number of thiophene rings is 1. The predicted octanol–water partition coefficient (Wildman–Crippen LogP) is 6.83. The summed E-state index contributed by atoms with van der Waals surface area (Å²) in [4.78, 5) is 30.2. The summed E-state index contributed by atoms with van der Waals surface area (Å²) in [7, 11) is 0. The average molecular weight is 509 g/mol. The monoisotopic (exact) mass is 508 g/mol. The van der Waals surface area contributed by atoms with Gasteiger partial charge < -0.3 is 10.2 Å². The van der Waals surface area contributed by atoms with Gasteiger partial charge in [0.15, 0.2) is 5.78 Å². The molecule has 1 atom stereocenters. The van der Waals surface area contributed by atoms with Gasteiger partial charge in [-0.15, -0.1) is 11.3 Å². The predicted molar refractivity (Wildman–Crippen MR) is 146 cm³/mol. The molecule has 184 valence electrons. The number of nitrogens with one attached hydrogen (secondary N) is 1. The van der Waals surface area contributed by atoms with Crippen molar-refractivity contribution in [2.24, 2.45) is 0 Å². The molecule has 1 unspecified atom stereocenters. The quantitative estimate of drug-likeness (QED) is 0.344. The van der Waals surface area contributed by atoms with Crippen LogP contribution in [0.5, 0.6) is 0 Å². The smallest absolute Gasteiger partial charge is 0.247 e. The lowest BCUT2D eigenvalue weighted by atomic mass is 9.93. The van der Waals surface area contributed by atoms with Crippen molar-refractivity contribution in [1.29, 1.82) is 0 Å². The molecular formula is C29H33ClN2O2S. The van der Waals surface area contributed by atoms with E-state index in [0.29, 0.717) is 11.4 Å². The Hall–Kier alpha value is -2.63. The third-order valence-electron chi connectivity index (χ3n) is 6.78. The van der Waals surface area contributed by atoms with E-state index in [2.05, 4.69) is 5.32 Å². The molecule has 1 fully saturated rings. The lowest BCUT2D eigenvalue weighted by Gasteiger charge is -2.35. The standard InChI is InChI=1S/C29H33ClN2O2S/c1-20-9-6-7-13-26(20)28(29(34)31-22-10-4-3-5-11-22)32(23-15-14-21(2)27(30)17-23)19-24(33)18-25-12-8-16-35-25/h6-9,12-17,22,28H,3-5,10-11,18-19H2,1-2H3,(H,31,34). The average Bonchev–Trinajstić information content (AvgIpc) is 3.35. The Morgan fingerprint density at radius 3 is 2.49 bits per heavy atom. The summed E-state index contributed by atoms with van der Waals surface area (Å²) in [5, 5.41) is 5.92. The van der Waals surface area contributed by atoms with Crippen molar-refractivity contribution < 1.29 is 9.59 Å². The van der Waals surface area contributed by atoms with Crippen molar-refractivity contribution in [1.82, 2.24) is 5.32 Å². The number of aryl methyl sites for hydroxylation is 2. The summed E-state index contributed by atoms with van der Waals surface area (Å²) in [6, 6.07) is 17.2. The van der Waals surface area contributed by atoms with Gasteiger partial charge in [-0.25, -0.2) is 0 Å². The summed E-state index contributed by atoms with van der Waals surface area (Å²) >= 11 is 8.09. The van der Waals surface area contributed by atoms with E-state index < -0.39 is 6.04 Å². The molecular weight excluding hydrogens is 476 g/mol. The molecule has 1 heterocycles. The lowest BCUT2D eigenvalue weighted by Crippen LogP contribution is -2.47. The first-order valence-corrected chi connectivity index (χ1v) is 13.6. The molecule has 0 bridgehead atoms. The molecule has 0 saturated heterocycles. The second-order valence-corrected chi connectivity index (χ2v) is 10.9. The normalized spacial score (nSPS) is 14.9. The highest BCUT2D eigenvalue weighted by molar-refractivity contribution is 7.10. The van der Waals surface area contributed by atoms with Crippen molar-refractivity contribution in [3.63, 3.8) is 0 Å². The van der Waals surface area contributed by atoms with Crippen molar-refractivity contribution in [2.75, 3.05) is 11.4 Å². The van der Waals surface area contributed by atoms with Crippen LogP contribution in [0.1, 0.15) is 59.7 Å². The van der Waals surface area contributed by atoms with Gasteiger partial charge in [-0.1, -0.05) is 67.3 Å². The Kier molecular flexibility index (Phi) is 8.64. The van der Waals surface area contributed by atoms with Crippen LogP contribution in [-0.2, 0) is 16.0 Å². The van der Waals surface area contributed by atoms with E-state index in [1.165, 1.54) is 6.42 Å². The Balaban J connectivity index is 1.72. The van der Waals surface area contributed by atoms with Crippen LogP contribution in [-0.4, -0.2) is 24.3 Å². The zero-order chi connectivity index (χ0) is 24.8. The van der Waals surface area contributed by atoms with Crippen molar-refractivity contribution >= 4 is 40.3 Å². The van der Waals surface area contributed by atoms with E-state index in [4.69, 9.17) is 11.6 Å². The van der Waals surface area contributed by atoms with Crippen LogP contribution >= 0.6 is 22.9 Å². The summed E-state index contributed by atoms with van der Waals surface area (Å²) < 4.78 is 0. The molecule has 0 radical (unpaired) electrons. The van der Waals surface area contributed by atoms with Crippen molar-refractivity contribution in [2.45, 2.75) is 64.5 Å². The Morgan fingerprint density at radius 2 is 1.80 bits per heavy atom. The summed E-state index contributed by atoms with van der Waals surface area (Å²) in [5.41, 5.74) is 3.65. The first-order chi connectivity index (χ1) is 16.9. The number of nitrogens with zero attached hydrogens (tertiary/aromatic N) is 1. The Labute approximate surface area is 217 Å². The zero-order valence-electron chi connectivity index (χ0n) is 20.4. The number of ketones is 1. The largest absolute Gasteiger partial charge is 0.351 e. The zero-order valence-corrected chi connectivity index (χ0v) is 22.0. The molecule has 2 aromatic carbocycles. The van der Waals surface area contributed by atoms with E-state index in [1.54, 1.807) is 11.3 Å². The molecule has 3 aromatic rings. The molecule has 0 spiro atoms. The van der Waals surface area contributed by atoms with Gasteiger partial charge >= 0.3 is 0 Å². The molecule has 4 nitrogen and oxygen atoms in total. The first kappa shape index (κ1) is 25.5. The number of hydrogen-bond donors (Lipinski definition) is 1. The number of carbonyl (C=O) groups is 2. The molecule has 0 aliphatic heterocycles. The van der Waals surface area contributed by atoms with Crippen LogP contribution in [0.25, 0.3) is 0 Å². The highest BCUT2D eigenvalue weighted by Crippen LogP contribution is 2.33. The molecule has 6 heteroatoms. The summed E-state index contributed by atoms with van der Waals surface area (Å²) in [5.74, 6) is 0.0000177. The Bertz CT molecular complexity index is 1160. The maximum atomic E-state index is 13.9. The fourth-order valence-corrected chi connectivity index (χ4v) is 5.72. The third kappa shape index (κ3) is 6.53. The number of halogens is 1. The van der Waals surface area contributed by atoms with Crippen LogP contribution in [0.15, 0.2) is 60.0 Å². The number of hydrogen-bond acceptors (Lipinski definition) is 4. The van der Waals surface area contributed by atoms with Gasteiger partial charge in [0.1, 0.15) is 6.04 Å². The number of Topliss-reactive ketones (excluding diaryl/α,β-unsaturated/α-hetero) is 1. The van der Waals surface area contributed by atoms with Gasteiger partial charge in [0.05, 0.1) is 6.54 Å². The molecule has 4 rings (SSSR count). The van der Waals surface area contributed by atoms with Crippen LogP contribution in [0.2, 0.25) is 5.02 Å². The number of benzene rings is 2. The first-order valence-electron chi connectivity index (χ1n) is 12.3. The van der Waals surface area contributed by atoms with E-state index in [9.17, 15) is 9.59 Å². The molecule has 1 aliphatic rings. The molecule has 1 N–H and O–H groups in total. The number of carbonyl (C=O) groups excluding carboxylic acids is 2. The van der Waals surface area contributed by atoms with Crippen LogP contribution < -0.4 is 10.2 Å². The Morgan fingerprint density at radius 1 is 1.03 bits per heavy atom. The molecule has 1 aliphatic carbocycles. The molecule has 1 saturated carbocycles. The number of rotatable bonds is 9. The van der Waals surface area contributed by atoms with Crippen molar-refractivity contribution in [3.8, 4) is 0 Å². The van der Waals surface area contributed by atoms with Gasteiger partial charge in [0.2, 0.25) is 5.91 Å². The molecule has 1 amide bonds. The topological polar surface area (TPSA) is 49.4 Å². The maximum Gasteiger partial charge on any atom is 0.247 e. The van der Waals surface area contributed by atoms with E-state index in [-0.39, 0.29) is 24.3 Å². The van der Waals surface area contributed by atoms with Crippen LogP contribution in [0.3, 0.4) is 0 Å². The second kappa shape index (κ2) is 11.9. The number of amides is 1. The SMILES string of the molecule is Cc1ccc(N(CC(=O)Cc2cccs2)C(C(=O)NC2CCCCC2)c2ccccc2C)cc1Cl. The molecule has 1 aromatic heterocycles.